The van der Waals surface area contributed by atoms with Crippen molar-refractivity contribution < 1.29 is 4.74 Å². The van der Waals surface area contributed by atoms with Crippen molar-refractivity contribution in [3.63, 3.8) is 0 Å². The number of allylic oxidation sites excluding steroid dienone is 1. The number of para-hydroxylation sites is 1. The number of nitrogens with one attached hydrogen (secondary N) is 2. The average molecular weight is 393 g/mol. The molecule has 0 spiro atoms. The summed E-state index contributed by atoms with van der Waals surface area (Å²) in [6, 6.07) is 17.3. The van der Waals surface area contributed by atoms with E-state index in [2.05, 4.69) is 98.3 Å². The van der Waals surface area contributed by atoms with Crippen molar-refractivity contribution in [2.75, 3.05) is 0 Å². The van der Waals surface area contributed by atoms with Crippen LogP contribution in [0.1, 0.15) is 43.2 Å². The minimum Gasteiger partial charge on any atom is -0.454 e. The Hall–Kier alpha value is -3.46. The minimum atomic E-state index is -0.197. The summed E-state index contributed by atoms with van der Waals surface area (Å²) in [5.41, 5.74) is 8.03. The van der Waals surface area contributed by atoms with Crippen LogP contribution in [0.2, 0.25) is 0 Å². The zero-order chi connectivity index (χ0) is 20.6. The molecule has 3 heteroatoms. The van der Waals surface area contributed by atoms with Crippen molar-refractivity contribution in [1.29, 1.82) is 0 Å². The lowest BCUT2D eigenvalue weighted by Gasteiger charge is -2.35. The predicted molar refractivity (Wildman–Crippen MR) is 126 cm³/mol. The Bertz CT molecular complexity index is 1510. The molecular formula is C27H24N2O. The summed E-state index contributed by atoms with van der Waals surface area (Å²) in [4.78, 5) is 7.25. The topological polar surface area (TPSA) is 40.8 Å². The van der Waals surface area contributed by atoms with E-state index in [0.29, 0.717) is 0 Å². The van der Waals surface area contributed by atoms with E-state index in [1.54, 1.807) is 0 Å². The van der Waals surface area contributed by atoms with Gasteiger partial charge in [-0.3, -0.25) is 0 Å². The van der Waals surface area contributed by atoms with E-state index in [9.17, 15) is 0 Å². The van der Waals surface area contributed by atoms with Gasteiger partial charge in [0.15, 0.2) is 5.75 Å². The minimum absolute atomic E-state index is 0.197. The van der Waals surface area contributed by atoms with E-state index >= 15 is 0 Å². The van der Waals surface area contributed by atoms with Crippen LogP contribution in [-0.4, -0.2) is 9.97 Å². The first-order chi connectivity index (χ1) is 14.5. The van der Waals surface area contributed by atoms with Crippen LogP contribution in [0.4, 0.5) is 0 Å². The van der Waals surface area contributed by atoms with Gasteiger partial charge < -0.3 is 14.7 Å². The van der Waals surface area contributed by atoms with E-state index in [1.165, 1.54) is 38.4 Å². The fourth-order valence-electron chi connectivity index (χ4n) is 5.22. The van der Waals surface area contributed by atoms with Gasteiger partial charge in [0.2, 0.25) is 0 Å². The van der Waals surface area contributed by atoms with Crippen molar-refractivity contribution in [1.82, 2.24) is 9.97 Å². The van der Waals surface area contributed by atoms with Crippen LogP contribution in [0, 0.1) is 6.92 Å². The smallest absolute Gasteiger partial charge is 0.155 e. The Labute approximate surface area is 175 Å². The normalized spacial score (nSPS) is 15.1. The molecule has 0 amide bonds. The third kappa shape index (κ3) is 2.10. The number of fused-ring (bicyclic) bond motifs is 8. The molecule has 148 valence electrons. The van der Waals surface area contributed by atoms with E-state index in [0.717, 1.165) is 28.2 Å². The SMILES string of the molecule is C/C=C\c1c(C)[nH]c2c3c(ccc12)C(C)(C)c1c(ccc2c1[nH]c1ccccc12)O3. The van der Waals surface area contributed by atoms with Crippen LogP contribution < -0.4 is 4.74 Å². The maximum absolute atomic E-state index is 6.60. The molecule has 1 aliphatic heterocycles. The van der Waals surface area contributed by atoms with E-state index in [-0.39, 0.29) is 5.41 Å². The summed E-state index contributed by atoms with van der Waals surface area (Å²) in [5.74, 6) is 1.87. The predicted octanol–water partition coefficient (Wildman–Crippen LogP) is 7.58. The van der Waals surface area contributed by atoms with Crippen molar-refractivity contribution in [3.05, 3.63) is 77.0 Å². The molecule has 0 bridgehead atoms. The van der Waals surface area contributed by atoms with Gasteiger partial charge >= 0.3 is 0 Å². The van der Waals surface area contributed by atoms with Crippen molar-refractivity contribution >= 4 is 38.8 Å². The third-order valence-corrected chi connectivity index (χ3v) is 6.65. The van der Waals surface area contributed by atoms with E-state index < -0.39 is 0 Å². The molecule has 0 unspecified atom stereocenters. The molecule has 0 radical (unpaired) electrons. The van der Waals surface area contributed by atoms with Gasteiger partial charge in [-0.2, -0.15) is 0 Å². The lowest BCUT2D eigenvalue weighted by atomic mass is 9.74. The van der Waals surface area contributed by atoms with Gasteiger partial charge in [0, 0.05) is 49.5 Å². The average Bonchev–Trinajstić information content (AvgIpc) is 3.25. The Morgan fingerprint density at radius 2 is 1.67 bits per heavy atom. The zero-order valence-corrected chi connectivity index (χ0v) is 17.7. The number of benzene rings is 3. The van der Waals surface area contributed by atoms with Gasteiger partial charge in [-0.05, 0) is 32.0 Å². The second-order valence-electron chi connectivity index (χ2n) is 8.79. The number of aromatic nitrogens is 2. The van der Waals surface area contributed by atoms with Gasteiger partial charge in [-0.15, -0.1) is 0 Å². The molecule has 2 N–H and O–H groups in total. The van der Waals surface area contributed by atoms with Crippen LogP contribution in [0.25, 0.3) is 38.8 Å². The van der Waals surface area contributed by atoms with Gasteiger partial charge in [-0.25, -0.2) is 0 Å². The molecule has 3 heterocycles. The number of aryl methyl sites for hydroxylation is 1. The van der Waals surface area contributed by atoms with Gasteiger partial charge in [-0.1, -0.05) is 56.3 Å². The van der Waals surface area contributed by atoms with Crippen LogP contribution in [0.15, 0.2) is 54.6 Å². The van der Waals surface area contributed by atoms with E-state index in [4.69, 9.17) is 4.74 Å². The molecule has 3 aromatic carbocycles. The molecular weight excluding hydrogens is 368 g/mol. The second-order valence-corrected chi connectivity index (χ2v) is 8.79. The molecule has 0 saturated carbocycles. The fourth-order valence-corrected chi connectivity index (χ4v) is 5.22. The maximum atomic E-state index is 6.60. The molecule has 6 rings (SSSR count). The second kappa shape index (κ2) is 5.79. The Morgan fingerprint density at radius 1 is 0.867 bits per heavy atom. The molecule has 3 nitrogen and oxygen atoms in total. The highest BCUT2D eigenvalue weighted by molar-refractivity contribution is 6.09. The molecule has 0 saturated heterocycles. The largest absolute Gasteiger partial charge is 0.454 e. The van der Waals surface area contributed by atoms with Crippen molar-refractivity contribution in [3.8, 4) is 11.5 Å². The summed E-state index contributed by atoms with van der Waals surface area (Å²) < 4.78 is 6.60. The fraction of sp³-hybridized carbons (Fsp3) is 0.185. The number of hydrogen-bond acceptors (Lipinski definition) is 1. The molecule has 0 atom stereocenters. The van der Waals surface area contributed by atoms with Crippen LogP contribution in [-0.2, 0) is 5.41 Å². The molecule has 30 heavy (non-hydrogen) atoms. The lowest BCUT2D eigenvalue weighted by Crippen LogP contribution is -2.25. The number of ether oxygens (including phenoxy) is 1. The maximum Gasteiger partial charge on any atom is 0.155 e. The molecule has 1 aliphatic rings. The summed E-state index contributed by atoms with van der Waals surface area (Å²) in [5, 5.41) is 3.70. The Balaban J connectivity index is 1.67. The monoisotopic (exact) mass is 392 g/mol. The Kier molecular flexibility index (Phi) is 3.36. The number of aromatic amines is 2. The first-order valence-corrected chi connectivity index (χ1v) is 10.5. The number of rotatable bonds is 1. The number of H-pyrrole nitrogens is 2. The first kappa shape index (κ1) is 17.4. The summed E-state index contributed by atoms with van der Waals surface area (Å²) in [6.45, 7) is 8.77. The van der Waals surface area contributed by atoms with Gasteiger partial charge in [0.05, 0.1) is 11.0 Å². The summed E-state index contributed by atoms with van der Waals surface area (Å²) in [6.07, 6.45) is 4.25. The molecule has 5 aromatic rings. The van der Waals surface area contributed by atoms with Crippen molar-refractivity contribution in [2.45, 2.75) is 33.1 Å². The van der Waals surface area contributed by atoms with Gasteiger partial charge in [0.25, 0.3) is 0 Å². The molecule has 2 aromatic heterocycles. The van der Waals surface area contributed by atoms with Crippen molar-refractivity contribution in [2.24, 2.45) is 0 Å². The van der Waals surface area contributed by atoms with Crippen LogP contribution in [0.3, 0.4) is 0 Å². The highest BCUT2D eigenvalue weighted by atomic mass is 16.5. The quantitative estimate of drug-likeness (QED) is 0.303. The highest BCUT2D eigenvalue weighted by Crippen LogP contribution is 2.53. The molecule has 0 aliphatic carbocycles. The highest BCUT2D eigenvalue weighted by Gasteiger charge is 2.38. The molecule has 0 fully saturated rings. The number of hydrogen-bond donors (Lipinski definition) is 2. The Morgan fingerprint density at radius 3 is 2.50 bits per heavy atom. The summed E-state index contributed by atoms with van der Waals surface area (Å²) >= 11 is 0. The lowest BCUT2D eigenvalue weighted by molar-refractivity contribution is 0.424. The van der Waals surface area contributed by atoms with E-state index in [1.807, 2.05) is 0 Å². The van der Waals surface area contributed by atoms with Crippen LogP contribution in [0.5, 0.6) is 11.5 Å². The summed E-state index contributed by atoms with van der Waals surface area (Å²) in [7, 11) is 0. The zero-order valence-electron chi connectivity index (χ0n) is 17.7. The van der Waals surface area contributed by atoms with Gasteiger partial charge in [0.1, 0.15) is 5.75 Å². The standard InChI is InChI=1S/C27H24N2O/c1-5-8-16-15(2)28-25-18(16)11-13-20-26(25)30-22-14-12-19-17-9-6-7-10-21(17)29-24(19)23(22)27(20,3)4/h5-14,28-29H,1-4H3/b8-5-. The first-order valence-electron chi connectivity index (χ1n) is 10.5. The van der Waals surface area contributed by atoms with Crippen LogP contribution >= 0.6 is 0 Å². The third-order valence-electron chi connectivity index (χ3n) is 6.65.